The van der Waals surface area contributed by atoms with Crippen LogP contribution in [0.4, 0.5) is 0 Å². The van der Waals surface area contributed by atoms with Crippen LogP contribution in [0.15, 0.2) is 4.79 Å². The largest absolute Gasteiger partial charge is 0.358 e. The smallest absolute Gasteiger partial charge is 0.259 e. The van der Waals surface area contributed by atoms with E-state index in [1.807, 2.05) is 0 Å². The molecule has 0 aromatic carbocycles. The van der Waals surface area contributed by atoms with Crippen molar-refractivity contribution < 1.29 is 0 Å². The van der Waals surface area contributed by atoms with E-state index in [4.69, 9.17) is 17.2 Å². The van der Waals surface area contributed by atoms with Gasteiger partial charge < -0.3 is 9.88 Å². The van der Waals surface area contributed by atoms with Crippen LogP contribution in [0.5, 0.6) is 0 Å². The molecule has 0 fully saturated rings. The maximum atomic E-state index is 12.7. The second kappa shape index (κ2) is 7.76. The van der Waals surface area contributed by atoms with Gasteiger partial charge in [-0.2, -0.15) is 0 Å². The van der Waals surface area contributed by atoms with E-state index in [-0.39, 0.29) is 10.8 Å². The maximum absolute atomic E-state index is 12.7. The first-order valence-corrected chi connectivity index (χ1v) is 11.0. The molecule has 3 rings (SSSR count). The molecule has 2 atom stereocenters. The molecule has 25 heavy (non-hydrogen) atoms. The number of thioether (sulfide) groups is 1. The van der Waals surface area contributed by atoms with Gasteiger partial charge in [0.2, 0.25) is 0 Å². The van der Waals surface area contributed by atoms with Crippen molar-refractivity contribution in [3.05, 3.63) is 26.6 Å². The van der Waals surface area contributed by atoms with Crippen molar-refractivity contribution in [3.8, 4) is 0 Å². The number of aryl methyl sites for hydroxylation is 1. The number of thiophene rings is 1. The Morgan fingerprint density at radius 3 is 2.88 bits per heavy atom. The lowest BCUT2D eigenvalue weighted by molar-refractivity contribution is 0.482. The lowest BCUT2D eigenvalue weighted by atomic mass is 9.89. The van der Waals surface area contributed by atoms with E-state index in [1.54, 1.807) is 23.1 Å². The van der Waals surface area contributed by atoms with Crippen molar-refractivity contribution in [2.75, 3.05) is 13.1 Å². The Morgan fingerprint density at radius 2 is 2.20 bits per heavy atom. The molecule has 0 aliphatic heterocycles. The van der Waals surface area contributed by atoms with E-state index in [1.165, 1.54) is 10.4 Å². The average Bonchev–Trinajstić information content (AvgIpc) is 2.93. The van der Waals surface area contributed by atoms with Crippen LogP contribution in [-0.2, 0) is 12.8 Å². The predicted octanol–water partition coefficient (Wildman–Crippen LogP) is 4.53. The Kier molecular flexibility index (Phi) is 5.85. The van der Waals surface area contributed by atoms with Crippen molar-refractivity contribution >= 4 is 49.9 Å². The molecule has 0 saturated heterocycles. The zero-order valence-corrected chi connectivity index (χ0v) is 17.7. The van der Waals surface area contributed by atoms with Gasteiger partial charge in [0.05, 0.1) is 10.6 Å². The fourth-order valence-corrected chi connectivity index (χ4v) is 6.34. The highest BCUT2D eigenvalue weighted by molar-refractivity contribution is 8.23. The fraction of sp³-hybridized carbons (Fsp3) is 0.611. The third kappa shape index (κ3) is 3.78. The van der Waals surface area contributed by atoms with Gasteiger partial charge in [-0.05, 0) is 51.5 Å². The summed E-state index contributed by atoms with van der Waals surface area (Å²) >= 11 is 8.83. The predicted molar refractivity (Wildman–Crippen MR) is 113 cm³/mol. The molecule has 136 valence electrons. The topological polar surface area (TPSA) is 49.0 Å². The molecule has 0 amide bonds. The molecular weight excluding hydrogens is 370 g/mol. The normalized spacial score (nSPS) is 18.2. The molecule has 1 aliphatic carbocycles. The second-order valence-corrected chi connectivity index (χ2v) is 9.74. The number of thiocarbonyl (C=S) groups is 1. The number of hydrogen-bond donors (Lipinski definition) is 1. The molecule has 0 bridgehead atoms. The second-order valence-electron chi connectivity index (χ2n) is 6.68. The molecule has 1 N–H and O–H groups in total. The summed E-state index contributed by atoms with van der Waals surface area (Å²) < 4.78 is 0.861. The summed E-state index contributed by atoms with van der Waals surface area (Å²) in [5, 5.41) is 0.849. The highest BCUT2D eigenvalue weighted by Crippen LogP contribution is 2.36. The molecule has 1 aliphatic rings. The third-order valence-electron chi connectivity index (χ3n) is 4.87. The van der Waals surface area contributed by atoms with Crippen molar-refractivity contribution in [1.29, 1.82) is 0 Å². The molecule has 7 heteroatoms. The maximum Gasteiger partial charge on any atom is 0.259 e. The van der Waals surface area contributed by atoms with Crippen molar-refractivity contribution in [2.24, 2.45) is 5.92 Å². The molecule has 2 aromatic rings. The molecule has 0 spiro atoms. The van der Waals surface area contributed by atoms with Crippen LogP contribution in [0.2, 0.25) is 0 Å². The highest BCUT2D eigenvalue weighted by Gasteiger charge is 2.24. The van der Waals surface area contributed by atoms with Gasteiger partial charge in [-0.3, -0.25) is 4.79 Å². The van der Waals surface area contributed by atoms with Crippen LogP contribution in [0.1, 0.15) is 55.6 Å². The van der Waals surface area contributed by atoms with Gasteiger partial charge in [0.15, 0.2) is 0 Å². The zero-order chi connectivity index (χ0) is 18.1. The van der Waals surface area contributed by atoms with E-state index in [0.717, 1.165) is 52.7 Å². The number of nitrogens with one attached hydrogen (secondary N) is 1. The monoisotopic (exact) mass is 395 g/mol. The summed E-state index contributed by atoms with van der Waals surface area (Å²) in [5.41, 5.74) is 1.24. The summed E-state index contributed by atoms with van der Waals surface area (Å²) in [6, 6.07) is 0. The third-order valence-corrected chi connectivity index (χ3v) is 7.60. The number of hydrogen-bond acceptors (Lipinski definition) is 5. The lowest BCUT2D eigenvalue weighted by Crippen LogP contribution is -2.27. The van der Waals surface area contributed by atoms with Crippen LogP contribution >= 0.6 is 35.3 Å². The van der Waals surface area contributed by atoms with Crippen LogP contribution in [0.25, 0.3) is 10.2 Å². The molecule has 0 radical (unpaired) electrons. The van der Waals surface area contributed by atoms with Crippen molar-refractivity contribution in [3.63, 3.8) is 0 Å². The van der Waals surface area contributed by atoms with Crippen LogP contribution < -0.4 is 5.56 Å². The molecule has 0 unspecified atom stereocenters. The first-order chi connectivity index (χ1) is 11.9. The minimum atomic E-state index is 0.00765. The van der Waals surface area contributed by atoms with Crippen molar-refractivity contribution in [1.82, 2.24) is 14.9 Å². The standard InChI is InChI=1S/C18H25N3OS3/c1-5-21(6-2)18(23)24-11(4)15-19-16(22)14-12-8-7-10(3)9-13(12)25-17(14)20-15/h10-11H,5-9H2,1-4H3,(H,19,20,22)/t10-,11-/m0/s1. The quantitative estimate of drug-likeness (QED) is 0.771. The van der Waals surface area contributed by atoms with Gasteiger partial charge in [0.25, 0.3) is 5.56 Å². The average molecular weight is 396 g/mol. The first-order valence-electron chi connectivity index (χ1n) is 8.94. The molecule has 2 aromatic heterocycles. The minimum absolute atomic E-state index is 0.00765. The van der Waals surface area contributed by atoms with Gasteiger partial charge in [0.1, 0.15) is 15.0 Å². The van der Waals surface area contributed by atoms with E-state index in [2.05, 4.69) is 37.6 Å². The summed E-state index contributed by atoms with van der Waals surface area (Å²) in [4.78, 5) is 24.9. The Bertz CT molecular complexity index is 838. The summed E-state index contributed by atoms with van der Waals surface area (Å²) in [6.07, 6.45) is 3.23. The summed E-state index contributed by atoms with van der Waals surface area (Å²) in [6.45, 7) is 10.3. The number of aromatic nitrogens is 2. The lowest BCUT2D eigenvalue weighted by Gasteiger charge is -2.22. The minimum Gasteiger partial charge on any atom is -0.358 e. The summed E-state index contributed by atoms with van der Waals surface area (Å²) in [7, 11) is 0. The van der Waals surface area contributed by atoms with Gasteiger partial charge in [-0.15, -0.1) is 11.3 Å². The first kappa shape index (κ1) is 18.9. The van der Waals surface area contributed by atoms with Crippen LogP contribution in [-0.4, -0.2) is 32.3 Å². The van der Waals surface area contributed by atoms with E-state index < -0.39 is 0 Å². The zero-order valence-electron chi connectivity index (χ0n) is 15.2. The van der Waals surface area contributed by atoms with Gasteiger partial charge in [-0.1, -0.05) is 30.9 Å². The molecule has 0 saturated carbocycles. The SMILES string of the molecule is CCN(CC)C(=S)S[C@@H](C)c1nc2sc3c(c2c(=O)[nH]1)CC[C@H](C)C3. The molecule has 4 nitrogen and oxygen atoms in total. The van der Waals surface area contributed by atoms with Crippen LogP contribution in [0.3, 0.4) is 0 Å². The Labute approximate surface area is 162 Å². The number of nitrogens with zero attached hydrogens (tertiary/aromatic N) is 2. The van der Waals surface area contributed by atoms with Gasteiger partial charge >= 0.3 is 0 Å². The Morgan fingerprint density at radius 1 is 1.48 bits per heavy atom. The van der Waals surface area contributed by atoms with E-state index >= 15 is 0 Å². The number of fused-ring (bicyclic) bond motifs is 3. The van der Waals surface area contributed by atoms with Gasteiger partial charge in [0, 0.05) is 18.0 Å². The molecule has 2 heterocycles. The van der Waals surface area contributed by atoms with Gasteiger partial charge in [-0.25, -0.2) is 4.98 Å². The number of rotatable bonds is 4. The van der Waals surface area contributed by atoms with E-state index in [9.17, 15) is 4.79 Å². The van der Waals surface area contributed by atoms with Crippen LogP contribution in [0, 0.1) is 5.92 Å². The Balaban J connectivity index is 1.91. The number of aromatic amines is 1. The van der Waals surface area contributed by atoms with E-state index in [0.29, 0.717) is 5.92 Å². The molecular formula is C18H25N3OS3. The fourth-order valence-electron chi connectivity index (χ4n) is 3.32. The summed E-state index contributed by atoms with van der Waals surface area (Å²) in [5.74, 6) is 1.42. The highest BCUT2D eigenvalue weighted by atomic mass is 32.2. The Hall–Kier alpha value is -0.920. The number of H-pyrrole nitrogens is 1. The van der Waals surface area contributed by atoms with Crippen molar-refractivity contribution in [2.45, 2.75) is 52.2 Å².